The number of benzene rings is 4. The molecule has 2 atom stereocenters. The number of fused-ring (bicyclic) bond motifs is 1. The van der Waals surface area contributed by atoms with Crippen LogP contribution in [0, 0.1) is 11.3 Å². The van der Waals surface area contributed by atoms with Gasteiger partial charge in [0.2, 0.25) is 0 Å². The first-order valence-corrected chi connectivity index (χ1v) is 15.6. The number of nitrogens with zero attached hydrogens (tertiary/aromatic N) is 1. The van der Waals surface area contributed by atoms with E-state index in [0.29, 0.717) is 6.42 Å². The Kier molecular flexibility index (Phi) is 10.6. The van der Waals surface area contributed by atoms with E-state index in [-0.39, 0.29) is 19.6 Å². The van der Waals surface area contributed by atoms with Crippen molar-refractivity contribution in [2.75, 3.05) is 27.4 Å². The van der Waals surface area contributed by atoms with Gasteiger partial charge in [0.1, 0.15) is 17.1 Å². The molecule has 8 nitrogen and oxygen atoms in total. The molecule has 0 bridgehead atoms. The molecule has 226 valence electrons. The fraction of sp³-hybridized carbons (Fsp3) is 0.229. The van der Waals surface area contributed by atoms with Crippen LogP contribution >= 0.6 is 8.53 Å². The molecule has 0 saturated carbocycles. The van der Waals surface area contributed by atoms with Crippen molar-refractivity contribution in [3.8, 4) is 17.6 Å². The number of nitrogens with two attached hydrogens (primary N) is 1. The van der Waals surface area contributed by atoms with Gasteiger partial charge in [-0.3, -0.25) is 5.50 Å². The van der Waals surface area contributed by atoms with E-state index in [0.717, 1.165) is 44.7 Å². The molecule has 0 aliphatic rings. The van der Waals surface area contributed by atoms with Crippen LogP contribution in [-0.4, -0.2) is 38.5 Å². The molecule has 5 rings (SSSR count). The number of hydrogen-bond acceptors (Lipinski definition) is 7. The normalized spacial score (nSPS) is 12.9. The van der Waals surface area contributed by atoms with Gasteiger partial charge >= 0.3 is 0 Å². The SMILES string of the molecule is COc1ccc(C(OCC(Cc2c[nH]c3ccccc23)OP(N)OCCC#N)(c2ccccc2)c2ccc(OC)cc2)cc1. The number of ether oxygens (including phenoxy) is 3. The summed E-state index contributed by atoms with van der Waals surface area (Å²) in [6.07, 6.45) is 2.28. The Hall–Kier alpha value is -4.22. The number of aromatic amines is 1. The second-order valence-electron chi connectivity index (χ2n) is 10.1. The average Bonchev–Trinajstić information content (AvgIpc) is 3.48. The molecule has 0 aliphatic heterocycles. The molecule has 4 aromatic carbocycles. The van der Waals surface area contributed by atoms with E-state index in [2.05, 4.69) is 29.3 Å². The maximum absolute atomic E-state index is 8.95. The van der Waals surface area contributed by atoms with E-state index in [9.17, 15) is 0 Å². The maximum Gasteiger partial charge on any atom is 0.253 e. The second-order valence-corrected chi connectivity index (χ2v) is 11.2. The minimum atomic E-state index is -1.75. The lowest BCUT2D eigenvalue weighted by Gasteiger charge is -2.37. The zero-order valence-electron chi connectivity index (χ0n) is 24.8. The molecule has 9 heteroatoms. The largest absolute Gasteiger partial charge is 0.497 e. The van der Waals surface area contributed by atoms with Crippen LogP contribution < -0.4 is 15.0 Å². The lowest BCUT2D eigenvalue weighted by Crippen LogP contribution is -2.36. The van der Waals surface area contributed by atoms with E-state index < -0.39 is 20.2 Å². The number of nitriles is 1. The van der Waals surface area contributed by atoms with E-state index in [1.807, 2.05) is 91.1 Å². The maximum atomic E-state index is 8.95. The summed E-state index contributed by atoms with van der Waals surface area (Å²) in [7, 11) is 1.54. The van der Waals surface area contributed by atoms with Gasteiger partial charge in [0.25, 0.3) is 8.53 Å². The topological polar surface area (TPSA) is 112 Å². The molecule has 0 saturated heterocycles. The summed E-state index contributed by atoms with van der Waals surface area (Å²) in [6.45, 7) is 0.384. The van der Waals surface area contributed by atoms with Gasteiger partial charge in [-0.1, -0.05) is 72.8 Å². The van der Waals surface area contributed by atoms with Crippen LogP contribution in [0.25, 0.3) is 10.9 Å². The summed E-state index contributed by atoms with van der Waals surface area (Å²) >= 11 is 0. The zero-order valence-corrected chi connectivity index (χ0v) is 25.7. The van der Waals surface area contributed by atoms with E-state index in [1.165, 1.54) is 0 Å². The first kappa shape index (κ1) is 31.2. The van der Waals surface area contributed by atoms with Crippen molar-refractivity contribution in [3.63, 3.8) is 0 Å². The van der Waals surface area contributed by atoms with Gasteiger partial charge in [-0.15, -0.1) is 0 Å². The standard InChI is InChI=1S/C35H36N3O5P/c1-39-30-17-13-28(14-18-30)35(27-9-4-3-5-10-27,29-15-19-31(40-2)20-16-29)41-25-32(43-44(37)42-22-8-21-36)23-26-24-38-34-12-7-6-11-33(26)34/h3-7,9-20,24,32,38H,8,22-23,25,37H2,1-2H3. The Labute approximate surface area is 259 Å². The van der Waals surface area contributed by atoms with Crippen LogP contribution in [-0.2, 0) is 25.8 Å². The third-order valence-corrected chi connectivity index (χ3v) is 8.41. The molecule has 2 unspecified atom stereocenters. The monoisotopic (exact) mass is 609 g/mol. The van der Waals surface area contributed by atoms with Crippen molar-refractivity contribution in [1.82, 2.24) is 4.98 Å². The van der Waals surface area contributed by atoms with Crippen LogP contribution in [0.5, 0.6) is 11.5 Å². The lowest BCUT2D eigenvalue weighted by atomic mass is 9.80. The van der Waals surface area contributed by atoms with Crippen molar-refractivity contribution in [3.05, 3.63) is 132 Å². The van der Waals surface area contributed by atoms with E-state index >= 15 is 0 Å². The molecule has 0 fully saturated rings. The third-order valence-electron chi connectivity index (χ3n) is 7.47. The number of H-pyrrole nitrogens is 1. The Balaban J connectivity index is 1.56. The van der Waals surface area contributed by atoms with Crippen molar-refractivity contribution in [2.24, 2.45) is 5.50 Å². The number of methoxy groups -OCH3 is 2. The van der Waals surface area contributed by atoms with Crippen molar-refractivity contribution in [1.29, 1.82) is 5.26 Å². The average molecular weight is 610 g/mol. The summed E-state index contributed by atoms with van der Waals surface area (Å²) in [6, 6.07) is 36.1. The number of hydrogen-bond donors (Lipinski definition) is 2. The first-order chi connectivity index (χ1) is 21.6. The highest BCUT2D eigenvalue weighted by molar-refractivity contribution is 7.44. The number of nitrogens with one attached hydrogen (secondary N) is 1. The third kappa shape index (κ3) is 7.11. The van der Waals surface area contributed by atoms with E-state index in [1.54, 1.807) is 14.2 Å². The molecule has 0 radical (unpaired) electrons. The van der Waals surface area contributed by atoms with Crippen LogP contribution in [0.2, 0.25) is 0 Å². The molecule has 0 spiro atoms. The summed E-state index contributed by atoms with van der Waals surface area (Å²) in [5.41, 5.74) is 10.2. The molecular weight excluding hydrogens is 573 g/mol. The highest BCUT2D eigenvalue weighted by atomic mass is 31.2. The number of aromatic nitrogens is 1. The fourth-order valence-electron chi connectivity index (χ4n) is 5.32. The molecular formula is C35H36N3O5P. The fourth-order valence-corrected chi connectivity index (χ4v) is 6.08. The predicted molar refractivity (Wildman–Crippen MR) is 172 cm³/mol. The molecule has 3 N–H and O–H groups in total. The first-order valence-electron chi connectivity index (χ1n) is 14.3. The Morgan fingerprint density at radius 1 is 0.818 bits per heavy atom. The molecule has 1 heterocycles. The highest BCUT2D eigenvalue weighted by Gasteiger charge is 2.39. The molecule has 44 heavy (non-hydrogen) atoms. The minimum Gasteiger partial charge on any atom is -0.497 e. The number of rotatable bonds is 15. The van der Waals surface area contributed by atoms with Crippen molar-refractivity contribution in [2.45, 2.75) is 24.5 Å². The van der Waals surface area contributed by atoms with Crippen LogP contribution in [0.4, 0.5) is 0 Å². The highest BCUT2D eigenvalue weighted by Crippen LogP contribution is 2.43. The zero-order chi connectivity index (χ0) is 30.8. The van der Waals surface area contributed by atoms with Gasteiger partial charge in [-0.05, 0) is 52.6 Å². The quantitative estimate of drug-likeness (QED) is 0.0731. The predicted octanol–water partition coefficient (Wildman–Crippen LogP) is 7.24. The summed E-state index contributed by atoms with van der Waals surface area (Å²) in [5.74, 6) is 1.49. The van der Waals surface area contributed by atoms with Crippen LogP contribution in [0.3, 0.4) is 0 Å². The van der Waals surface area contributed by atoms with Crippen LogP contribution in [0.15, 0.2) is 109 Å². The van der Waals surface area contributed by atoms with Gasteiger partial charge in [-0.2, -0.15) is 5.26 Å². The van der Waals surface area contributed by atoms with Crippen LogP contribution in [0.1, 0.15) is 28.7 Å². The van der Waals surface area contributed by atoms with Gasteiger partial charge in [-0.25, -0.2) is 0 Å². The molecule has 1 aromatic heterocycles. The van der Waals surface area contributed by atoms with Gasteiger partial charge in [0.15, 0.2) is 0 Å². The van der Waals surface area contributed by atoms with Gasteiger partial charge in [0, 0.05) is 23.5 Å². The Morgan fingerprint density at radius 3 is 2.02 bits per heavy atom. The summed E-state index contributed by atoms with van der Waals surface area (Å²) < 4.78 is 30.1. The summed E-state index contributed by atoms with van der Waals surface area (Å²) in [4.78, 5) is 3.35. The Morgan fingerprint density at radius 2 is 1.41 bits per heavy atom. The van der Waals surface area contributed by atoms with Crippen molar-refractivity contribution >= 4 is 19.4 Å². The Bertz CT molecular complexity index is 1600. The second kappa shape index (κ2) is 15.0. The van der Waals surface area contributed by atoms with E-state index in [4.69, 9.17) is 34.0 Å². The number of para-hydroxylation sites is 1. The molecule has 0 aliphatic carbocycles. The lowest BCUT2D eigenvalue weighted by molar-refractivity contribution is -0.0307. The molecule has 5 aromatic rings. The van der Waals surface area contributed by atoms with Gasteiger partial charge in [0.05, 0.1) is 46.0 Å². The van der Waals surface area contributed by atoms with Gasteiger partial charge < -0.3 is 28.2 Å². The van der Waals surface area contributed by atoms with Crippen molar-refractivity contribution < 1.29 is 23.3 Å². The molecule has 0 amide bonds. The minimum absolute atomic E-state index is 0.185. The summed E-state index contributed by atoms with van der Waals surface area (Å²) in [5, 5.41) is 10.1. The smallest absolute Gasteiger partial charge is 0.253 e.